The maximum atomic E-state index is 13.4. The summed E-state index contributed by atoms with van der Waals surface area (Å²) in [5, 5.41) is -5.62. The van der Waals surface area contributed by atoms with Crippen molar-refractivity contribution in [3.63, 3.8) is 0 Å². The first-order chi connectivity index (χ1) is 10.2. The van der Waals surface area contributed by atoms with Crippen molar-refractivity contribution in [3.8, 4) is 0 Å². The van der Waals surface area contributed by atoms with Gasteiger partial charge in [0.05, 0.1) is 7.11 Å². The summed E-state index contributed by atoms with van der Waals surface area (Å²) in [5.41, 5.74) is -0.225. The third-order valence-corrected chi connectivity index (χ3v) is 3.39. The second kappa shape index (κ2) is 7.21. The van der Waals surface area contributed by atoms with Crippen LogP contribution in [-0.4, -0.2) is 51.6 Å². The first kappa shape index (κ1) is 21.2. The summed E-state index contributed by atoms with van der Waals surface area (Å²) in [7, 11) is -5.82. The number of alkyl halides is 5. The molecule has 0 fully saturated rings. The fourth-order valence-electron chi connectivity index (χ4n) is 0.981. The normalized spacial score (nSPS) is 14.0. The van der Waals surface area contributed by atoms with Gasteiger partial charge in [-0.2, -0.15) is 30.4 Å². The molecule has 0 aromatic carbocycles. The number of rotatable bonds is 7. The Bertz CT molecular complexity index is 581. The molecule has 0 N–H and O–H groups in total. The molecule has 0 radical (unpaired) electrons. The molecule has 0 aliphatic heterocycles. The van der Waals surface area contributed by atoms with E-state index in [-0.39, 0.29) is 12.7 Å². The summed E-state index contributed by atoms with van der Waals surface area (Å²) < 4.78 is 97.2. The molecule has 0 amide bonds. The summed E-state index contributed by atoms with van der Waals surface area (Å²) in [6.45, 7) is 2.78. The fourth-order valence-corrected chi connectivity index (χ4v) is 1.65. The lowest BCUT2D eigenvalue weighted by Gasteiger charge is -2.26. The average Bonchev–Trinajstić information content (AvgIpc) is 2.40. The second-order valence-corrected chi connectivity index (χ2v) is 5.74. The van der Waals surface area contributed by atoms with E-state index in [1.165, 1.54) is 0 Å². The third-order valence-electron chi connectivity index (χ3n) is 2.07. The van der Waals surface area contributed by atoms with Crippen LogP contribution in [-0.2, 0) is 33.4 Å². The maximum Gasteiger partial charge on any atom is 0.432 e. The Morgan fingerprint density at radius 2 is 1.65 bits per heavy atom. The van der Waals surface area contributed by atoms with Gasteiger partial charge < -0.3 is 9.47 Å². The number of esters is 2. The van der Waals surface area contributed by atoms with Crippen molar-refractivity contribution in [1.82, 2.24) is 0 Å². The lowest BCUT2D eigenvalue weighted by molar-refractivity contribution is -0.260. The van der Waals surface area contributed by atoms with Gasteiger partial charge in [0.25, 0.3) is 6.10 Å². The van der Waals surface area contributed by atoms with Crippen LogP contribution in [0.15, 0.2) is 12.2 Å². The van der Waals surface area contributed by atoms with E-state index in [4.69, 9.17) is 0 Å². The number of carbonyl (C=O) groups is 2. The van der Waals surface area contributed by atoms with E-state index in [1.54, 1.807) is 0 Å². The Labute approximate surface area is 127 Å². The Morgan fingerprint density at radius 3 is 2.00 bits per heavy atom. The lowest BCUT2D eigenvalue weighted by atomic mass is 10.3. The molecule has 1 atom stereocenters. The third kappa shape index (κ3) is 5.42. The molecule has 1 unspecified atom stereocenters. The molecule has 23 heavy (non-hydrogen) atoms. The Morgan fingerprint density at radius 1 is 1.17 bits per heavy atom. The van der Waals surface area contributed by atoms with Crippen LogP contribution < -0.4 is 0 Å². The van der Waals surface area contributed by atoms with Crippen LogP contribution in [0.2, 0.25) is 0 Å². The summed E-state index contributed by atoms with van der Waals surface area (Å²) in [4.78, 5) is 22.0. The molecule has 7 nitrogen and oxygen atoms in total. The van der Waals surface area contributed by atoms with Gasteiger partial charge in [-0.15, -0.1) is 0 Å². The van der Waals surface area contributed by atoms with Gasteiger partial charge in [-0.3, -0.25) is 4.18 Å². The zero-order chi connectivity index (χ0) is 18.6. The van der Waals surface area contributed by atoms with Gasteiger partial charge in [0.1, 0.15) is 0 Å². The highest BCUT2D eigenvalue weighted by Gasteiger charge is 2.66. The second-order valence-electron chi connectivity index (χ2n) is 3.95. The van der Waals surface area contributed by atoms with Crippen molar-refractivity contribution in [2.75, 3.05) is 13.7 Å². The molecule has 0 heterocycles. The van der Waals surface area contributed by atoms with Gasteiger partial charge in [0.2, 0.25) is 0 Å². The zero-order valence-corrected chi connectivity index (χ0v) is 12.5. The van der Waals surface area contributed by atoms with Gasteiger partial charge in [-0.1, -0.05) is 6.58 Å². The van der Waals surface area contributed by atoms with Crippen LogP contribution >= 0.6 is 0 Å². The first-order valence-corrected chi connectivity index (χ1v) is 6.84. The van der Waals surface area contributed by atoms with Crippen LogP contribution in [0.25, 0.3) is 0 Å². The summed E-state index contributed by atoms with van der Waals surface area (Å²) in [6, 6.07) is 0. The van der Waals surface area contributed by atoms with Crippen LogP contribution in [0.5, 0.6) is 0 Å². The largest absolute Gasteiger partial charge is 0.450 e. The maximum absolute atomic E-state index is 13.4. The van der Waals surface area contributed by atoms with Crippen LogP contribution in [0.4, 0.5) is 22.0 Å². The Kier molecular flexibility index (Phi) is 6.66. The molecule has 134 valence electrons. The summed E-state index contributed by atoms with van der Waals surface area (Å²) in [5.74, 6) is -3.24. The minimum absolute atomic E-state index is 0.202. The monoisotopic (exact) mass is 370 g/mol. The van der Waals surface area contributed by atoms with Gasteiger partial charge in [-0.05, 0) is 6.92 Å². The number of hydrogen-bond acceptors (Lipinski definition) is 7. The number of ether oxygens (including phenoxy) is 2. The molecule has 0 aliphatic rings. The number of halogens is 5. The molecule has 0 saturated carbocycles. The lowest BCUT2D eigenvalue weighted by Crippen LogP contribution is -2.53. The average molecular weight is 370 g/mol. The number of hydrogen-bond donors (Lipinski definition) is 0. The van der Waals surface area contributed by atoms with Crippen LogP contribution in [0.3, 0.4) is 0 Å². The van der Waals surface area contributed by atoms with Crippen molar-refractivity contribution in [3.05, 3.63) is 12.2 Å². The molecule has 0 saturated heterocycles. The number of carbonyl (C=O) groups excluding carboxylic acids is 2. The van der Waals surface area contributed by atoms with E-state index in [9.17, 15) is 40.0 Å². The van der Waals surface area contributed by atoms with Crippen molar-refractivity contribution in [2.45, 2.75) is 24.5 Å². The van der Waals surface area contributed by atoms with Crippen molar-refractivity contribution < 1.29 is 53.6 Å². The molecule has 0 aliphatic carbocycles. The van der Waals surface area contributed by atoms with E-state index < -0.39 is 46.2 Å². The molecular formula is C10H11F5O7S. The van der Waals surface area contributed by atoms with Gasteiger partial charge >= 0.3 is 33.5 Å². The summed E-state index contributed by atoms with van der Waals surface area (Å²) >= 11 is 0. The zero-order valence-electron chi connectivity index (χ0n) is 11.6. The van der Waals surface area contributed by atoms with Crippen LogP contribution in [0, 0.1) is 0 Å². The van der Waals surface area contributed by atoms with Gasteiger partial charge in [0, 0.05) is 5.57 Å². The summed E-state index contributed by atoms with van der Waals surface area (Å²) in [6.07, 6.45) is -10.3. The van der Waals surface area contributed by atoms with Crippen molar-refractivity contribution >= 4 is 22.1 Å². The van der Waals surface area contributed by atoms with Gasteiger partial charge in [0.15, 0.2) is 6.61 Å². The quantitative estimate of drug-likeness (QED) is 0.287. The minimum atomic E-state index is -6.02. The molecule has 0 aromatic heterocycles. The van der Waals surface area contributed by atoms with E-state index in [2.05, 4.69) is 20.2 Å². The SMILES string of the molecule is C=C(C)C(=O)OCC(=O)OC(C(F)(F)F)C(F)(F)S(=O)(=O)OC. The van der Waals surface area contributed by atoms with E-state index >= 15 is 0 Å². The van der Waals surface area contributed by atoms with Gasteiger partial charge in [-0.25, -0.2) is 9.59 Å². The molecule has 0 rings (SSSR count). The highest BCUT2D eigenvalue weighted by molar-refractivity contribution is 7.87. The minimum Gasteiger partial charge on any atom is -0.450 e. The first-order valence-electron chi connectivity index (χ1n) is 5.43. The molecule has 0 bridgehead atoms. The molecule has 0 aromatic rings. The smallest absolute Gasteiger partial charge is 0.432 e. The fraction of sp³-hybridized carbons (Fsp3) is 0.600. The van der Waals surface area contributed by atoms with E-state index in [1.807, 2.05) is 0 Å². The topological polar surface area (TPSA) is 96.0 Å². The Balaban J connectivity index is 5.29. The molecule has 0 spiro atoms. The van der Waals surface area contributed by atoms with Crippen LogP contribution in [0.1, 0.15) is 6.92 Å². The standard InChI is InChI=1S/C10H11F5O7S/c1-5(2)7(17)21-4-6(16)22-8(9(11,12)13)10(14,15)23(18,19)20-3/h8H,1,4H2,2-3H3. The highest BCUT2D eigenvalue weighted by atomic mass is 32.2. The predicted octanol–water partition coefficient (Wildman–Crippen LogP) is 1.15. The van der Waals surface area contributed by atoms with E-state index in [0.717, 1.165) is 6.92 Å². The van der Waals surface area contributed by atoms with Crippen molar-refractivity contribution in [2.24, 2.45) is 0 Å². The molecule has 13 heteroatoms. The van der Waals surface area contributed by atoms with Crippen molar-refractivity contribution in [1.29, 1.82) is 0 Å². The molecular weight excluding hydrogens is 359 g/mol. The Hall–Kier alpha value is -1.76. The van der Waals surface area contributed by atoms with E-state index in [0.29, 0.717) is 0 Å². The highest BCUT2D eigenvalue weighted by Crippen LogP contribution is 2.39. The predicted molar refractivity (Wildman–Crippen MR) is 62.6 cm³/mol.